The monoisotopic (exact) mass is 626 g/mol. The van der Waals surface area contributed by atoms with Gasteiger partial charge in [-0.15, -0.1) is 16.5 Å². The van der Waals surface area contributed by atoms with Crippen LogP contribution in [0.3, 0.4) is 0 Å². The minimum Gasteiger partial charge on any atom is -0.462 e. The summed E-state index contributed by atoms with van der Waals surface area (Å²) in [5.74, 6) is -0.0280. The second-order valence-corrected chi connectivity index (χ2v) is 12.0. The molecular weight excluding hydrogens is 605 g/mol. The number of furan rings is 1. The molecule has 4 heterocycles. The van der Waals surface area contributed by atoms with E-state index in [-0.39, 0.29) is 11.8 Å². The Morgan fingerprint density at radius 3 is 1.71 bits per heavy atom. The van der Waals surface area contributed by atoms with Gasteiger partial charge in [0, 0.05) is 32.9 Å². The Morgan fingerprint density at radius 2 is 1.08 bits per heavy atom. The van der Waals surface area contributed by atoms with E-state index in [9.17, 15) is 0 Å². The third-order valence-corrected chi connectivity index (χ3v) is 9.42. The van der Waals surface area contributed by atoms with E-state index in [4.69, 9.17) is 17.6 Å². The lowest BCUT2D eigenvalue weighted by molar-refractivity contribution is 0.668. The first-order valence-electron chi connectivity index (χ1n) is 15.8. The lowest BCUT2D eigenvalue weighted by atomic mass is 10.0. The summed E-state index contributed by atoms with van der Waals surface area (Å²) in [7, 11) is 0. The van der Waals surface area contributed by atoms with Gasteiger partial charge in [0.05, 0.1) is 27.5 Å². The van der Waals surface area contributed by atoms with Crippen molar-refractivity contribution < 1.29 is 4.42 Å². The first-order chi connectivity index (χ1) is 24.2. The SMILES string of the molecule is [C-]#[N+]c1nc([N+]#[C-])c2oc3ccc(-n4c5ccccc5c5cc(-c6ccc7c(c6)c6ccccc6n7-c6ccccc6)ccc54)cc3c2n1. The lowest BCUT2D eigenvalue weighted by Gasteiger charge is -2.09. The van der Waals surface area contributed by atoms with Gasteiger partial charge < -0.3 is 23.2 Å². The predicted molar refractivity (Wildman–Crippen MR) is 196 cm³/mol. The van der Waals surface area contributed by atoms with Gasteiger partial charge >= 0.3 is 11.8 Å². The predicted octanol–water partition coefficient (Wildman–Crippen LogP) is 11.3. The van der Waals surface area contributed by atoms with Crippen molar-refractivity contribution in [3.05, 3.63) is 156 Å². The van der Waals surface area contributed by atoms with Gasteiger partial charge in [-0.25, -0.2) is 0 Å². The quantitative estimate of drug-likeness (QED) is 0.183. The number of nitrogens with zero attached hydrogens (tertiary/aromatic N) is 6. The van der Waals surface area contributed by atoms with Crippen LogP contribution >= 0.6 is 0 Å². The molecule has 226 valence electrons. The molecule has 0 amide bonds. The smallest absolute Gasteiger partial charge is 0.395 e. The van der Waals surface area contributed by atoms with E-state index in [1.807, 2.05) is 24.3 Å². The van der Waals surface area contributed by atoms with Crippen LogP contribution < -0.4 is 0 Å². The van der Waals surface area contributed by atoms with Crippen LogP contribution in [0.4, 0.5) is 11.8 Å². The van der Waals surface area contributed by atoms with Gasteiger partial charge in [-0.2, -0.15) is 0 Å². The summed E-state index contributed by atoms with van der Waals surface area (Å²) < 4.78 is 10.6. The lowest BCUT2D eigenvalue weighted by Crippen LogP contribution is -1.93. The van der Waals surface area contributed by atoms with Crippen molar-refractivity contribution >= 4 is 77.4 Å². The Balaban J connectivity index is 1.17. The van der Waals surface area contributed by atoms with Gasteiger partial charge in [-0.1, -0.05) is 73.3 Å². The van der Waals surface area contributed by atoms with Crippen molar-refractivity contribution in [2.75, 3.05) is 0 Å². The fraction of sp³-hybridized carbons (Fsp3) is 0. The van der Waals surface area contributed by atoms with E-state index in [1.165, 1.54) is 21.8 Å². The van der Waals surface area contributed by atoms with Gasteiger partial charge in [0.2, 0.25) is 0 Å². The molecule has 0 N–H and O–H groups in total. The molecule has 10 aromatic rings. The van der Waals surface area contributed by atoms with Crippen LogP contribution in [-0.2, 0) is 0 Å². The topological polar surface area (TPSA) is 57.5 Å². The minimum atomic E-state index is -0.0705. The van der Waals surface area contributed by atoms with Crippen molar-refractivity contribution in [1.82, 2.24) is 19.1 Å². The van der Waals surface area contributed by atoms with Crippen LogP contribution in [0.5, 0.6) is 0 Å². The standard InChI is InChI=1S/C42H22N6O/c1-43-41-40-39(45-42(44-2)46-41)33-24-28(18-21-38(33)49-40)48-35-15-9-7-13-30(35)32-23-26(17-20-37(32)48)25-16-19-36-31(22-25)29-12-6-8-14-34(29)47(36)27-10-4-3-5-11-27/h3-24H. The molecule has 0 saturated heterocycles. The second kappa shape index (κ2) is 10.1. The maximum absolute atomic E-state index is 7.57. The van der Waals surface area contributed by atoms with E-state index < -0.39 is 0 Å². The number of hydrogen-bond acceptors (Lipinski definition) is 3. The van der Waals surface area contributed by atoms with Gasteiger partial charge in [0.25, 0.3) is 0 Å². The Labute approximate surface area is 279 Å². The van der Waals surface area contributed by atoms with Gasteiger partial charge in [0.15, 0.2) is 11.1 Å². The molecule has 10 rings (SSSR count). The summed E-state index contributed by atoms with van der Waals surface area (Å²) in [4.78, 5) is 15.4. The maximum atomic E-state index is 7.57. The van der Waals surface area contributed by atoms with Gasteiger partial charge in [-0.3, -0.25) is 0 Å². The average Bonchev–Trinajstić information content (AvgIpc) is 3.81. The molecule has 7 nitrogen and oxygen atoms in total. The number of aromatic nitrogens is 4. The molecule has 0 atom stereocenters. The molecule has 49 heavy (non-hydrogen) atoms. The average molecular weight is 627 g/mol. The summed E-state index contributed by atoms with van der Waals surface area (Å²) in [6.07, 6.45) is 0. The van der Waals surface area contributed by atoms with Gasteiger partial charge in [0.1, 0.15) is 5.58 Å². The van der Waals surface area contributed by atoms with Gasteiger partial charge in [-0.05, 0) is 77.9 Å². The molecule has 0 aliphatic rings. The van der Waals surface area contributed by atoms with E-state index in [1.54, 1.807) is 0 Å². The molecule has 0 spiro atoms. The summed E-state index contributed by atoms with van der Waals surface area (Å²) in [5, 5.41) is 5.46. The minimum absolute atomic E-state index is 0.0426. The van der Waals surface area contributed by atoms with Crippen LogP contribution in [0.15, 0.2) is 138 Å². The third kappa shape index (κ3) is 3.88. The largest absolute Gasteiger partial charge is 0.462 e. The molecule has 0 radical (unpaired) electrons. The van der Waals surface area contributed by atoms with Crippen LogP contribution in [0.25, 0.3) is 97.9 Å². The van der Waals surface area contributed by atoms with Crippen molar-refractivity contribution in [2.45, 2.75) is 0 Å². The van der Waals surface area contributed by atoms with Crippen LogP contribution in [0.2, 0.25) is 0 Å². The van der Waals surface area contributed by atoms with Crippen molar-refractivity contribution in [3.8, 4) is 22.5 Å². The Hall–Kier alpha value is -7.22. The molecule has 0 aliphatic heterocycles. The summed E-state index contributed by atoms with van der Waals surface area (Å²) >= 11 is 0. The van der Waals surface area contributed by atoms with E-state index >= 15 is 0 Å². The highest BCUT2D eigenvalue weighted by Gasteiger charge is 2.20. The van der Waals surface area contributed by atoms with Crippen molar-refractivity contribution in [3.63, 3.8) is 0 Å². The molecule has 0 saturated carbocycles. The highest BCUT2D eigenvalue weighted by Crippen LogP contribution is 2.40. The molecule has 7 heteroatoms. The third-order valence-electron chi connectivity index (χ3n) is 9.42. The number of para-hydroxylation sites is 3. The number of hydrogen-bond donors (Lipinski definition) is 0. The number of benzene rings is 6. The van der Waals surface area contributed by atoms with E-state index in [2.05, 4.69) is 138 Å². The zero-order chi connectivity index (χ0) is 32.6. The molecule has 0 bridgehead atoms. The highest BCUT2D eigenvalue weighted by molar-refractivity contribution is 6.13. The Kier molecular flexibility index (Phi) is 5.58. The van der Waals surface area contributed by atoms with Crippen molar-refractivity contribution in [1.29, 1.82) is 0 Å². The zero-order valence-electron chi connectivity index (χ0n) is 25.8. The fourth-order valence-corrected chi connectivity index (χ4v) is 7.31. The van der Waals surface area contributed by atoms with Crippen molar-refractivity contribution in [2.24, 2.45) is 0 Å². The second-order valence-electron chi connectivity index (χ2n) is 12.0. The normalized spacial score (nSPS) is 11.6. The molecule has 0 fully saturated rings. The number of rotatable bonds is 3. The summed E-state index contributed by atoms with van der Waals surface area (Å²) in [6.45, 7) is 15.0. The highest BCUT2D eigenvalue weighted by atomic mass is 16.3. The zero-order valence-corrected chi connectivity index (χ0v) is 25.8. The number of fused-ring (bicyclic) bond motifs is 9. The van der Waals surface area contributed by atoms with E-state index in [0.717, 1.165) is 49.7 Å². The van der Waals surface area contributed by atoms with E-state index in [0.29, 0.717) is 16.7 Å². The molecule has 0 unspecified atom stereocenters. The maximum Gasteiger partial charge on any atom is 0.395 e. The summed E-state index contributed by atoms with van der Waals surface area (Å²) in [6, 6.07) is 46.9. The Bertz CT molecular complexity index is 3080. The molecule has 6 aromatic carbocycles. The Morgan fingerprint density at radius 1 is 0.490 bits per heavy atom. The first-order valence-corrected chi connectivity index (χ1v) is 15.8. The van der Waals surface area contributed by atoms with Crippen LogP contribution in [0, 0.1) is 13.1 Å². The summed E-state index contributed by atoms with van der Waals surface area (Å²) in [5.41, 5.74) is 10.2. The van der Waals surface area contributed by atoms with Crippen LogP contribution in [-0.4, -0.2) is 19.1 Å². The molecular formula is C42H22N6O. The first kappa shape index (κ1) is 26.9. The molecule has 4 aromatic heterocycles. The molecule has 0 aliphatic carbocycles. The fourth-order valence-electron chi connectivity index (χ4n) is 7.31. The van der Waals surface area contributed by atoms with Crippen LogP contribution in [0.1, 0.15) is 0 Å².